The third kappa shape index (κ3) is 18.3. The van der Waals surface area contributed by atoms with E-state index in [0.29, 0.717) is 0 Å². The molecule has 23 heavy (non-hydrogen) atoms. The molecule has 0 aliphatic rings. The Hall–Kier alpha value is 0.110. The highest BCUT2D eigenvalue weighted by molar-refractivity contribution is 7.45. The van der Waals surface area contributed by atoms with Gasteiger partial charge >= 0.3 is 0 Å². The Kier molecular flexibility index (Phi) is 17.0. The first kappa shape index (κ1) is 23.1. The maximum absolute atomic E-state index is 11.5. The van der Waals surface area contributed by atoms with Gasteiger partial charge in [0.15, 0.2) is 0 Å². The Labute approximate surface area is 144 Å². The molecule has 5 heteroatoms. The minimum atomic E-state index is -4.07. The van der Waals surface area contributed by atoms with E-state index in [0.717, 1.165) is 44.9 Å². The fraction of sp³-hybridized carbons (Fsp3) is 1.00. The highest BCUT2D eigenvalue weighted by Crippen LogP contribution is 2.38. The van der Waals surface area contributed by atoms with Gasteiger partial charge in [-0.05, 0) is 12.8 Å². The summed E-state index contributed by atoms with van der Waals surface area (Å²) in [5.41, 5.74) is 0. The van der Waals surface area contributed by atoms with Gasteiger partial charge in [0.25, 0.3) is 7.82 Å². The molecule has 0 bridgehead atoms. The minimum Gasteiger partial charge on any atom is -0.756 e. The summed E-state index contributed by atoms with van der Waals surface area (Å²) < 4.78 is 21.2. The first-order chi connectivity index (χ1) is 11.1. The van der Waals surface area contributed by atoms with Crippen molar-refractivity contribution >= 4 is 7.82 Å². The van der Waals surface area contributed by atoms with E-state index in [9.17, 15) is 9.46 Å². The van der Waals surface area contributed by atoms with E-state index in [-0.39, 0.29) is 13.2 Å². The Morgan fingerprint density at radius 3 is 1.30 bits per heavy atom. The molecule has 0 amide bonds. The van der Waals surface area contributed by atoms with Gasteiger partial charge in [-0.2, -0.15) is 0 Å². The van der Waals surface area contributed by atoms with E-state index in [1.807, 2.05) is 0 Å². The maximum atomic E-state index is 11.5. The second-order valence-corrected chi connectivity index (χ2v) is 7.77. The largest absolute Gasteiger partial charge is 0.756 e. The molecular formula is C18H38O4P-. The minimum absolute atomic E-state index is 0.249. The summed E-state index contributed by atoms with van der Waals surface area (Å²) in [4.78, 5) is 11.5. The number of hydrogen-bond acceptors (Lipinski definition) is 4. The quantitative estimate of drug-likeness (QED) is 0.225. The summed E-state index contributed by atoms with van der Waals surface area (Å²) in [7, 11) is -4.07. The predicted octanol–water partition coefficient (Wildman–Crippen LogP) is 5.99. The van der Waals surface area contributed by atoms with Crippen molar-refractivity contribution in [3.63, 3.8) is 0 Å². The third-order valence-electron chi connectivity index (χ3n) is 3.99. The molecule has 0 N–H and O–H groups in total. The average molecular weight is 349 g/mol. The molecule has 0 fully saturated rings. The van der Waals surface area contributed by atoms with Crippen LogP contribution in [-0.2, 0) is 13.6 Å². The monoisotopic (exact) mass is 349 g/mol. The van der Waals surface area contributed by atoms with Gasteiger partial charge < -0.3 is 13.9 Å². The van der Waals surface area contributed by atoms with Gasteiger partial charge in [-0.3, -0.25) is 4.57 Å². The number of hydrogen-bond donors (Lipinski definition) is 0. The molecule has 0 spiro atoms. The number of unbranched alkanes of at least 4 members (excludes halogenated alkanes) is 12. The van der Waals surface area contributed by atoms with Crippen LogP contribution in [0.3, 0.4) is 0 Å². The standard InChI is InChI=1S/C18H39O4P/c1-3-5-7-9-10-11-12-13-14-16-18-22-23(19,20)21-17-15-8-6-4-2/h3-18H2,1-2H3,(H,19,20)/p-1. The van der Waals surface area contributed by atoms with E-state index < -0.39 is 7.82 Å². The van der Waals surface area contributed by atoms with Crippen molar-refractivity contribution in [1.82, 2.24) is 0 Å². The molecule has 0 aromatic carbocycles. The summed E-state index contributed by atoms with van der Waals surface area (Å²) in [5.74, 6) is 0. The summed E-state index contributed by atoms with van der Waals surface area (Å²) in [6.45, 7) is 4.86. The smallest absolute Gasteiger partial charge is 0.267 e. The normalized spacial score (nSPS) is 14.0. The summed E-state index contributed by atoms with van der Waals surface area (Å²) in [6, 6.07) is 0. The maximum Gasteiger partial charge on any atom is 0.267 e. The zero-order valence-electron chi connectivity index (χ0n) is 15.4. The Morgan fingerprint density at radius 2 is 0.913 bits per heavy atom. The highest BCUT2D eigenvalue weighted by Gasteiger charge is 2.08. The fourth-order valence-corrected chi connectivity index (χ4v) is 3.29. The van der Waals surface area contributed by atoms with Gasteiger partial charge in [0, 0.05) is 0 Å². The van der Waals surface area contributed by atoms with Crippen LogP contribution < -0.4 is 4.89 Å². The van der Waals surface area contributed by atoms with Crippen LogP contribution in [-0.4, -0.2) is 13.2 Å². The molecular weight excluding hydrogens is 311 g/mol. The van der Waals surface area contributed by atoms with E-state index in [4.69, 9.17) is 9.05 Å². The van der Waals surface area contributed by atoms with Crippen molar-refractivity contribution in [3.05, 3.63) is 0 Å². The van der Waals surface area contributed by atoms with Crippen LogP contribution >= 0.6 is 7.82 Å². The van der Waals surface area contributed by atoms with Crippen molar-refractivity contribution in [1.29, 1.82) is 0 Å². The van der Waals surface area contributed by atoms with Gasteiger partial charge in [0.1, 0.15) is 0 Å². The molecule has 0 saturated carbocycles. The zero-order valence-corrected chi connectivity index (χ0v) is 16.3. The van der Waals surface area contributed by atoms with E-state index in [2.05, 4.69) is 13.8 Å². The van der Waals surface area contributed by atoms with Crippen LogP contribution in [0.25, 0.3) is 0 Å². The third-order valence-corrected chi connectivity index (χ3v) is 4.99. The summed E-state index contributed by atoms with van der Waals surface area (Å²) in [5, 5.41) is 0. The van der Waals surface area contributed by atoms with Gasteiger partial charge in [0.2, 0.25) is 0 Å². The first-order valence-electron chi connectivity index (χ1n) is 9.72. The molecule has 1 unspecified atom stereocenters. The SMILES string of the molecule is CCCCCCCCCCCCOP(=O)([O-])OCCCCCC. The summed E-state index contributed by atoms with van der Waals surface area (Å²) >= 11 is 0. The molecule has 0 aromatic rings. The van der Waals surface area contributed by atoms with Crippen LogP contribution in [0.4, 0.5) is 0 Å². The molecule has 1 atom stereocenters. The Balaban J connectivity index is 3.30. The fourth-order valence-electron chi connectivity index (χ4n) is 2.51. The van der Waals surface area contributed by atoms with Crippen molar-refractivity contribution in [2.45, 2.75) is 104 Å². The lowest BCUT2D eigenvalue weighted by Gasteiger charge is -2.22. The van der Waals surface area contributed by atoms with Crippen LogP contribution in [0.5, 0.6) is 0 Å². The van der Waals surface area contributed by atoms with E-state index >= 15 is 0 Å². The number of rotatable bonds is 18. The predicted molar refractivity (Wildman–Crippen MR) is 95.5 cm³/mol. The molecule has 0 radical (unpaired) electrons. The van der Waals surface area contributed by atoms with Crippen molar-refractivity contribution in [3.8, 4) is 0 Å². The zero-order chi connectivity index (χ0) is 17.2. The molecule has 4 nitrogen and oxygen atoms in total. The molecule has 0 aromatic heterocycles. The average Bonchev–Trinajstić information content (AvgIpc) is 2.52. The number of phosphoric acid groups is 1. The molecule has 0 rings (SSSR count). The van der Waals surface area contributed by atoms with E-state index in [1.54, 1.807) is 0 Å². The van der Waals surface area contributed by atoms with Crippen molar-refractivity contribution in [2.24, 2.45) is 0 Å². The Bertz CT molecular complexity index is 284. The lowest BCUT2D eigenvalue weighted by atomic mass is 10.1. The lowest BCUT2D eigenvalue weighted by Crippen LogP contribution is -2.10. The second-order valence-electron chi connectivity index (χ2n) is 6.36. The summed E-state index contributed by atoms with van der Waals surface area (Å²) in [6.07, 6.45) is 16.3. The topological polar surface area (TPSA) is 58.6 Å². The molecule has 0 heterocycles. The van der Waals surface area contributed by atoms with Gasteiger partial charge in [-0.1, -0.05) is 90.9 Å². The Morgan fingerprint density at radius 1 is 0.609 bits per heavy atom. The van der Waals surface area contributed by atoms with Crippen LogP contribution in [0.15, 0.2) is 0 Å². The van der Waals surface area contributed by atoms with Crippen LogP contribution in [0.1, 0.15) is 104 Å². The van der Waals surface area contributed by atoms with Crippen LogP contribution in [0, 0.1) is 0 Å². The van der Waals surface area contributed by atoms with Gasteiger partial charge in [-0.25, -0.2) is 0 Å². The molecule has 0 aliphatic carbocycles. The van der Waals surface area contributed by atoms with Crippen molar-refractivity contribution in [2.75, 3.05) is 13.2 Å². The van der Waals surface area contributed by atoms with Crippen molar-refractivity contribution < 1.29 is 18.5 Å². The second kappa shape index (κ2) is 17.0. The molecule has 0 saturated heterocycles. The molecule has 0 aliphatic heterocycles. The highest BCUT2D eigenvalue weighted by atomic mass is 31.2. The van der Waals surface area contributed by atoms with Gasteiger partial charge in [-0.15, -0.1) is 0 Å². The number of phosphoric ester groups is 1. The first-order valence-corrected chi connectivity index (χ1v) is 11.2. The van der Waals surface area contributed by atoms with Gasteiger partial charge in [0.05, 0.1) is 13.2 Å². The lowest BCUT2D eigenvalue weighted by molar-refractivity contribution is -0.225. The molecule has 140 valence electrons. The van der Waals surface area contributed by atoms with Crippen LogP contribution in [0.2, 0.25) is 0 Å². The van der Waals surface area contributed by atoms with E-state index in [1.165, 1.54) is 44.9 Å².